The molecule has 2 saturated heterocycles. The molecule has 3 fully saturated rings. The second kappa shape index (κ2) is 12.4. The molecule has 0 spiro atoms. The molecule has 7 nitrogen and oxygen atoms in total. The maximum absolute atomic E-state index is 6.03. The second-order valence-corrected chi connectivity index (χ2v) is 9.24. The fraction of sp³-hybridized carbons (Fsp3) is 0.826. The predicted octanol–water partition coefficient (Wildman–Crippen LogP) is 3.42. The molecule has 2 atom stereocenters. The molecule has 176 valence electrons. The topological polar surface area (TPSA) is 57.9 Å². The number of hydrogen-bond donors (Lipinski definition) is 1. The molecular formula is C23H41IN6O. The van der Waals surface area contributed by atoms with Crippen LogP contribution in [-0.2, 0) is 11.8 Å². The lowest BCUT2D eigenvalue weighted by molar-refractivity contribution is -0.00807. The predicted molar refractivity (Wildman–Crippen MR) is 136 cm³/mol. The summed E-state index contributed by atoms with van der Waals surface area (Å²) in [7, 11) is 1.95. The lowest BCUT2D eigenvalue weighted by Gasteiger charge is -2.35. The highest BCUT2D eigenvalue weighted by Crippen LogP contribution is 2.28. The SMILES string of the molecule is CCNC(=NCC1CCCN1CC1CCCCC1)N1CCOC(c2cnn(C)c2)C1.I. The van der Waals surface area contributed by atoms with E-state index < -0.39 is 0 Å². The molecule has 1 N–H and O–H groups in total. The molecule has 2 unspecified atom stereocenters. The summed E-state index contributed by atoms with van der Waals surface area (Å²) in [6, 6.07) is 0.607. The van der Waals surface area contributed by atoms with Crippen LogP contribution in [0.1, 0.15) is 63.5 Å². The highest BCUT2D eigenvalue weighted by atomic mass is 127. The number of likely N-dealkylation sites (tertiary alicyclic amines) is 1. The number of rotatable bonds is 6. The molecule has 0 radical (unpaired) electrons. The van der Waals surface area contributed by atoms with E-state index in [1.165, 1.54) is 58.0 Å². The minimum absolute atomic E-state index is 0. The minimum Gasteiger partial charge on any atom is -0.370 e. The van der Waals surface area contributed by atoms with Crippen LogP contribution in [0, 0.1) is 5.92 Å². The number of aryl methyl sites for hydroxylation is 1. The van der Waals surface area contributed by atoms with Gasteiger partial charge in [-0.05, 0) is 45.1 Å². The summed E-state index contributed by atoms with van der Waals surface area (Å²) in [5.41, 5.74) is 1.15. The molecule has 4 rings (SSSR count). The molecule has 8 heteroatoms. The van der Waals surface area contributed by atoms with Crippen LogP contribution in [0.2, 0.25) is 0 Å². The third kappa shape index (κ3) is 6.81. The van der Waals surface area contributed by atoms with Crippen LogP contribution in [0.25, 0.3) is 0 Å². The quantitative estimate of drug-likeness (QED) is 0.338. The van der Waals surface area contributed by atoms with Gasteiger partial charge in [-0.25, -0.2) is 0 Å². The zero-order chi connectivity index (χ0) is 20.8. The van der Waals surface area contributed by atoms with E-state index >= 15 is 0 Å². The van der Waals surface area contributed by atoms with Crippen molar-refractivity contribution < 1.29 is 4.74 Å². The Morgan fingerprint density at radius 3 is 2.77 bits per heavy atom. The first kappa shape index (κ1) is 24.8. The van der Waals surface area contributed by atoms with Gasteiger partial charge in [0.05, 0.1) is 25.9 Å². The van der Waals surface area contributed by atoms with Gasteiger partial charge in [-0.2, -0.15) is 5.10 Å². The van der Waals surface area contributed by atoms with Gasteiger partial charge in [0.15, 0.2) is 5.96 Å². The van der Waals surface area contributed by atoms with Gasteiger partial charge in [-0.3, -0.25) is 14.6 Å². The Bertz CT molecular complexity index is 689. The van der Waals surface area contributed by atoms with Crippen LogP contribution in [0.4, 0.5) is 0 Å². The number of morpholine rings is 1. The zero-order valence-electron chi connectivity index (χ0n) is 19.3. The fourth-order valence-corrected chi connectivity index (χ4v) is 5.31. The first-order valence-corrected chi connectivity index (χ1v) is 12.1. The van der Waals surface area contributed by atoms with Crippen LogP contribution in [-0.4, -0.2) is 77.5 Å². The van der Waals surface area contributed by atoms with Crippen molar-refractivity contribution in [3.8, 4) is 0 Å². The summed E-state index contributed by atoms with van der Waals surface area (Å²) < 4.78 is 7.87. The van der Waals surface area contributed by atoms with Crippen molar-refractivity contribution in [1.29, 1.82) is 0 Å². The molecule has 1 aliphatic carbocycles. The first-order chi connectivity index (χ1) is 14.7. The van der Waals surface area contributed by atoms with Gasteiger partial charge in [0, 0.05) is 44.5 Å². The summed E-state index contributed by atoms with van der Waals surface area (Å²) >= 11 is 0. The molecule has 0 bridgehead atoms. The van der Waals surface area contributed by atoms with Gasteiger partial charge in [-0.15, -0.1) is 24.0 Å². The number of guanidine groups is 1. The van der Waals surface area contributed by atoms with Gasteiger partial charge in [-0.1, -0.05) is 19.3 Å². The molecule has 1 saturated carbocycles. The van der Waals surface area contributed by atoms with E-state index in [9.17, 15) is 0 Å². The van der Waals surface area contributed by atoms with E-state index in [-0.39, 0.29) is 30.1 Å². The van der Waals surface area contributed by atoms with E-state index in [2.05, 4.69) is 33.3 Å². The average Bonchev–Trinajstić information content (AvgIpc) is 3.41. The maximum Gasteiger partial charge on any atom is 0.194 e. The smallest absolute Gasteiger partial charge is 0.194 e. The van der Waals surface area contributed by atoms with Gasteiger partial charge in [0.25, 0.3) is 0 Å². The Kier molecular flexibility index (Phi) is 9.90. The summed E-state index contributed by atoms with van der Waals surface area (Å²) in [5.74, 6) is 1.95. The molecule has 2 aliphatic heterocycles. The Hall–Kier alpha value is -0.870. The Morgan fingerprint density at radius 2 is 2.03 bits per heavy atom. The molecule has 1 aromatic rings. The van der Waals surface area contributed by atoms with Crippen molar-refractivity contribution >= 4 is 29.9 Å². The van der Waals surface area contributed by atoms with E-state index in [0.29, 0.717) is 6.04 Å². The Labute approximate surface area is 205 Å². The van der Waals surface area contributed by atoms with E-state index in [1.54, 1.807) is 0 Å². The first-order valence-electron chi connectivity index (χ1n) is 12.1. The third-order valence-electron chi connectivity index (χ3n) is 6.97. The number of nitrogens with one attached hydrogen (secondary N) is 1. The van der Waals surface area contributed by atoms with Crippen LogP contribution in [0.15, 0.2) is 17.4 Å². The maximum atomic E-state index is 6.03. The second-order valence-electron chi connectivity index (χ2n) is 9.24. The van der Waals surface area contributed by atoms with Crippen LogP contribution >= 0.6 is 24.0 Å². The van der Waals surface area contributed by atoms with Crippen molar-refractivity contribution in [3.63, 3.8) is 0 Å². The fourth-order valence-electron chi connectivity index (χ4n) is 5.31. The molecular weight excluding hydrogens is 503 g/mol. The van der Waals surface area contributed by atoms with Crippen LogP contribution in [0.5, 0.6) is 0 Å². The van der Waals surface area contributed by atoms with Gasteiger partial charge in [0.2, 0.25) is 0 Å². The number of halogens is 1. The van der Waals surface area contributed by atoms with E-state index in [4.69, 9.17) is 9.73 Å². The standard InChI is InChI=1S/C23H40N6O.HI/c1-3-24-23(29-12-13-30-22(18-29)20-14-26-27(2)17-20)25-15-21-10-7-11-28(21)16-19-8-5-4-6-9-19;/h14,17,19,21-22H,3-13,15-16,18H2,1-2H3,(H,24,25);1H. The van der Waals surface area contributed by atoms with Crippen molar-refractivity contribution in [2.24, 2.45) is 18.0 Å². The highest BCUT2D eigenvalue weighted by molar-refractivity contribution is 14.0. The minimum atomic E-state index is 0. The monoisotopic (exact) mass is 544 g/mol. The van der Waals surface area contributed by atoms with Crippen molar-refractivity contribution in [2.45, 2.75) is 64.0 Å². The van der Waals surface area contributed by atoms with Crippen molar-refractivity contribution in [3.05, 3.63) is 18.0 Å². The molecule has 0 amide bonds. The average molecular weight is 545 g/mol. The zero-order valence-corrected chi connectivity index (χ0v) is 21.7. The molecule has 1 aromatic heterocycles. The number of hydrogen-bond acceptors (Lipinski definition) is 4. The van der Waals surface area contributed by atoms with Gasteiger partial charge < -0.3 is 15.0 Å². The molecule has 3 aliphatic rings. The van der Waals surface area contributed by atoms with E-state index in [1.807, 2.05) is 17.9 Å². The van der Waals surface area contributed by atoms with Gasteiger partial charge >= 0.3 is 0 Å². The molecule has 0 aromatic carbocycles. The summed E-state index contributed by atoms with van der Waals surface area (Å²) in [6.45, 7) is 8.94. The number of nitrogens with zero attached hydrogens (tertiary/aromatic N) is 5. The molecule has 31 heavy (non-hydrogen) atoms. The summed E-state index contributed by atoms with van der Waals surface area (Å²) in [5, 5.41) is 7.84. The lowest BCUT2D eigenvalue weighted by Crippen LogP contribution is -2.48. The Morgan fingerprint density at radius 1 is 1.19 bits per heavy atom. The highest BCUT2D eigenvalue weighted by Gasteiger charge is 2.29. The third-order valence-corrected chi connectivity index (χ3v) is 6.97. The van der Waals surface area contributed by atoms with Crippen LogP contribution in [0.3, 0.4) is 0 Å². The summed E-state index contributed by atoms with van der Waals surface area (Å²) in [4.78, 5) is 10.2. The van der Waals surface area contributed by atoms with E-state index in [0.717, 1.165) is 50.2 Å². The molecule has 3 heterocycles. The number of aromatic nitrogens is 2. The van der Waals surface area contributed by atoms with Crippen molar-refractivity contribution in [1.82, 2.24) is 24.9 Å². The van der Waals surface area contributed by atoms with Crippen LogP contribution < -0.4 is 5.32 Å². The largest absolute Gasteiger partial charge is 0.370 e. The van der Waals surface area contributed by atoms with Crippen molar-refractivity contribution in [2.75, 3.05) is 45.9 Å². The van der Waals surface area contributed by atoms with Gasteiger partial charge in [0.1, 0.15) is 6.10 Å². The Balaban J connectivity index is 0.00000272. The lowest BCUT2D eigenvalue weighted by atomic mass is 9.89. The number of aliphatic imine (C=N–C) groups is 1. The number of ether oxygens (including phenoxy) is 1. The normalized spacial score (nSPS) is 26.1. The summed E-state index contributed by atoms with van der Waals surface area (Å²) in [6.07, 6.45) is 13.8.